The molecule has 1 aliphatic heterocycles. The van der Waals surface area contributed by atoms with E-state index in [1.54, 1.807) is 6.07 Å². The second-order valence-corrected chi connectivity index (χ2v) is 6.18. The van der Waals surface area contributed by atoms with Crippen LogP contribution in [-0.4, -0.2) is 25.2 Å². The van der Waals surface area contributed by atoms with Gasteiger partial charge < -0.3 is 10.1 Å². The van der Waals surface area contributed by atoms with Crippen molar-refractivity contribution < 1.29 is 9.53 Å². The van der Waals surface area contributed by atoms with Crippen LogP contribution in [0.2, 0.25) is 5.02 Å². The molecule has 1 saturated heterocycles. The summed E-state index contributed by atoms with van der Waals surface area (Å²) in [6.45, 7) is 3.57. The average Bonchev–Trinajstić information content (AvgIpc) is 2.87. The molecule has 0 radical (unpaired) electrons. The van der Waals surface area contributed by atoms with Crippen LogP contribution in [0, 0.1) is 5.92 Å². The van der Waals surface area contributed by atoms with Gasteiger partial charge in [-0.3, -0.25) is 4.79 Å². The van der Waals surface area contributed by atoms with Crippen LogP contribution < -0.4 is 5.32 Å². The van der Waals surface area contributed by atoms with Crippen molar-refractivity contribution in [2.75, 3.05) is 13.2 Å². The zero-order valence-corrected chi connectivity index (χ0v) is 13.1. The molecule has 19 heavy (non-hydrogen) atoms. The molecular formula is C14H17BrClNO2. The lowest BCUT2D eigenvalue weighted by atomic mass is 10.0. The molecule has 1 heterocycles. The first-order valence-corrected chi connectivity index (χ1v) is 7.54. The quantitative estimate of drug-likeness (QED) is 0.909. The van der Waals surface area contributed by atoms with Gasteiger partial charge in [-0.1, -0.05) is 27.5 Å². The van der Waals surface area contributed by atoms with E-state index in [0.717, 1.165) is 29.7 Å². The molecule has 104 valence electrons. The van der Waals surface area contributed by atoms with Crippen LogP contribution >= 0.6 is 27.5 Å². The monoisotopic (exact) mass is 345 g/mol. The lowest BCUT2D eigenvalue weighted by Gasteiger charge is -2.19. The summed E-state index contributed by atoms with van der Waals surface area (Å²) >= 11 is 9.37. The van der Waals surface area contributed by atoms with Gasteiger partial charge >= 0.3 is 0 Å². The van der Waals surface area contributed by atoms with E-state index in [1.807, 2.05) is 19.1 Å². The molecule has 0 unspecified atom stereocenters. The number of amides is 1. The second kappa shape index (κ2) is 6.73. The van der Waals surface area contributed by atoms with E-state index in [-0.39, 0.29) is 11.9 Å². The number of carbonyl (C=O) groups is 1. The number of hydrogen-bond donors (Lipinski definition) is 1. The smallest absolute Gasteiger partial charge is 0.224 e. The van der Waals surface area contributed by atoms with Gasteiger partial charge in [0, 0.05) is 28.1 Å². The Balaban J connectivity index is 1.91. The van der Waals surface area contributed by atoms with Crippen molar-refractivity contribution in [3.05, 3.63) is 33.3 Å². The number of ether oxygens (including phenoxy) is 1. The zero-order valence-electron chi connectivity index (χ0n) is 10.8. The molecule has 0 spiro atoms. The van der Waals surface area contributed by atoms with E-state index in [1.165, 1.54) is 0 Å². The Morgan fingerprint density at radius 3 is 3.11 bits per heavy atom. The number of carbonyl (C=O) groups excluding carboxylic acids is 1. The minimum absolute atomic E-state index is 0.0161. The van der Waals surface area contributed by atoms with Crippen molar-refractivity contribution >= 4 is 33.4 Å². The minimum atomic E-state index is 0.0161. The van der Waals surface area contributed by atoms with E-state index in [4.69, 9.17) is 16.3 Å². The number of halogens is 2. The molecular weight excluding hydrogens is 330 g/mol. The molecule has 0 aliphatic carbocycles. The summed E-state index contributed by atoms with van der Waals surface area (Å²) in [6, 6.07) is 5.62. The molecule has 1 amide bonds. The Kier molecular flexibility index (Phi) is 5.25. The first kappa shape index (κ1) is 14.8. The fourth-order valence-corrected chi connectivity index (χ4v) is 2.80. The standard InChI is InChI=1S/C14H17BrClNO2/c1-9(10-4-5-19-8-10)17-14(18)7-11-6-12(16)2-3-13(11)15/h2-3,6,9-10H,4-5,7-8H2,1H3,(H,17,18)/t9-,10-/m0/s1. The summed E-state index contributed by atoms with van der Waals surface area (Å²) in [5, 5.41) is 3.68. The van der Waals surface area contributed by atoms with Crippen molar-refractivity contribution in [3.8, 4) is 0 Å². The average molecular weight is 347 g/mol. The third-order valence-electron chi connectivity index (χ3n) is 3.42. The molecule has 1 aromatic rings. The van der Waals surface area contributed by atoms with E-state index in [9.17, 15) is 4.79 Å². The summed E-state index contributed by atoms with van der Waals surface area (Å²) in [5.74, 6) is 0.439. The van der Waals surface area contributed by atoms with Gasteiger partial charge in [-0.25, -0.2) is 0 Å². The van der Waals surface area contributed by atoms with Gasteiger partial charge in [0.1, 0.15) is 0 Å². The number of benzene rings is 1. The van der Waals surface area contributed by atoms with E-state index in [0.29, 0.717) is 17.4 Å². The largest absolute Gasteiger partial charge is 0.381 e. The van der Waals surface area contributed by atoms with Gasteiger partial charge in [-0.2, -0.15) is 0 Å². The summed E-state index contributed by atoms with van der Waals surface area (Å²) in [5.41, 5.74) is 0.903. The molecule has 1 aliphatic rings. The van der Waals surface area contributed by atoms with Crippen LogP contribution in [0.1, 0.15) is 18.9 Å². The first-order chi connectivity index (χ1) is 9.06. The highest BCUT2D eigenvalue weighted by Gasteiger charge is 2.23. The van der Waals surface area contributed by atoms with Gasteiger partial charge in [0.05, 0.1) is 13.0 Å². The number of nitrogens with one attached hydrogen (secondary N) is 1. The summed E-state index contributed by atoms with van der Waals surface area (Å²) in [6.07, 6.45) is 1.35. The van der Waals surface area contributed by atoms with Gasteiger partial charge in [0.25, 0.3) is 0 Å². The Morgan fingerprint density at radius 1 is 1.63 bits per heavy atom. The summed E-state index contributed by atoms with van der Waals surface area (Å²) in [7, 11) is 0. The molecule has 2 rings (SSSR count). The van der Waals surface area contributed by atoms with Crippen molar-refractivity contribution in [2.45, 2.75) is 25.8 Å². The van der Waals surface area contributed by atoms with E-state index in [2.05, 4.69) is 21.2 Å². The third-order valence-corrected chi connectivity index (χ3v) is 4.43. The normalized spacial score (nSPS) is 20.3. The fraction of sp³-hybridized carbons (Fsp3) is 0.500. The van der Waals surface area contributed by atoms with Crippen LogP contribution in [0.3, 0.4) is 0 Å². The topological polar surface area (TPSA) is 38.3 Å². The van der Waals surface area contributed by atoms with Crippen molar-refractivity contribution in [3.63, 3.8) is 0 Å². The highest BCUT2D eigenvalue weighted by molar-refractivity contribution is 9.10. The Bertz CT molecular complexity index is 461. The molecule has 0 aromatic heterocycles. The van der Waals surface area contributed by atoms with Crippen LogP contribution in [0.25, 0.3) is 0 Å². The zero-order chi connectivity index (χ0) is 13.8. The summed E-state index contributed by atoms with van der Waals surface area (Å²) in [4.78, 5) is 12.0. The van der Waals surface area contributed by atoms with Crippen molar-refractivity contribution in [1.29, 1.82) is 0 Å². The third kappa shape index (κ3) is 4.20. The minimum Gasteiger partial charge on any atom is -0.381 e. The number of rotatable bonds is 4. The predicted octanol–water partition coefficient (Wildman–Crippen LogP) is 3.19. The maximum Gasteiger partial charge on any atom is 0.224 e. The van der Waals surface area contributed by atoms with E-state index >= 15 is 0 Å². The maximum absolute atomic E-state index is 12.0. The van der Waals surface area contributed by atoms with Crippen LogP contribution in [0.4, 0.5) is 0 Å². The molecule has 1 N–H and O–H groups in total. The molecule has 3 nitrogen and oxygen atoms in total. The van der Waals surface area contributed by atoms with E-state index < -0.39 is 0 Å². The first-order valence-electron chi connectivity index (χ1n) is 6.37. The number of hydrogen-bond acceptors (Lipinski definition) is 2. The molecule has 1 aromatic carbocycles. The van der Waals surface area contributed by atoms with Crippen LogP contribution in [0.15, 0.2) is 22.7 Å². The summed E-state index contributed by atoms with van der Waals surface area (Å²) < 4.78 is 6.24. The highest BCUT2D eigenvalue weighted by Crippen LogP contribution is 2.22. The van der Waals surface area contributed by atoms with Crippen LogP contribution in [-0.2, 0) is 16.0 Å². The van der Waals surface area contributed by atoms with Gasteiger partial charge in [-0.05, 0) is 37.1 Å². The Hall–Kier alpha value is -0.580. The predicted molar refractivity (Wildman–Crippen MR) is 79.4 cm³/mol. The highest BCUT2D eigenvalue weighted by atomic mass is 79.9. The lowest BCUT2D eigenvalue weighted by molar-refractivity contribution is -0.121. The molecule has 2 atom stereocenters. The molecule has 1 fully saturated rings. The maximum atomic E-state index is 12.0. The molecule has 0 bridgehead atoms. The molecule has 5 heteroatoms. The Labute approximate surface area is 126 Å². The van der Waals surface area contributed by atoms with Gasteiger partial charge in [0.15, 0.2) is 0 Å². The van der Waals surface area contributed by atoms with Gasteiger partial charge in [0.2, 0.25) is 5.91 Å². The van der Waals surface area contributed by atoms with Crippen molar-refractivity contribution in [2.24, 2.45) is 5.92 Å². The van der Waals surface area contributed by atoms with Crippen LogP contribution in [0.5, 0.6) is 0 Å². The van der Waals surface area contributed by atoms with Gasteiger partial charge in [-0.15, -0.1) is 0 Å². The SMILES string of the molecule is C[C@H](NC(=O)Cc1cc(Cl)ccc1Br)[C@H]1CCOC1. The lowest BCUT2D eigenvalue weighted by Crippen LogP contribution is -2.39. The molecule has 0 saturated carbocycles. The van der Waals surface area contributed by atoms with Crippen molar-refractivity contribution in [1.82, 2.24) is 5.32 Å². The fourth-order valence-electron chi connectivity index (χ4n) is 2.22. The second-order valence-electron chi connectivity index (χ2n) is 4.89. The Morgan fingerprint density at radius 2 is 2.42 bits per heavy atom.